The Labute approximate surface area is 49.5 Å². The molecule has 0 unspecified atom stereocenters. The molecule has 0 atom stereocenters. The molecule has 0 aliphatic heterocycles. The molecule has 1 N–H and O–H groups in total. The lowest BCUT2D eigenvalue weighted by Gasteiger charge is -1.87. The van der Waals surface area contributed by atoms with Crippen LogP contribution in [0, 0.1) is 0 Å². The van der Waals surface area contributed by atoms with E-state index in [1.54, 1.807) is 13.3 Å². The van der Waals surface area contributed by atoms with E-state index >= 15 is 0 Å². The van der Waals surface area contributed by atoms with Crippen molar-refractivity contribution in [3.8, 4) is 0 Å². The maximum absolute atomic E-state index is 3.88. The molecule has 0 saturated carbocycles. The number of aliphatic imine (C=N–C) groups is 1. The Hall–Kier alpha value is -0.860. The summed E-state index contributed by atoms with van der Waals surface area (Å²) in [5.74, 6) is 0.745. The Morgan fingerprint density at radius 2 is 2.25 bits per heavy atom. The van der Waals surface area contributed by atoms with Crippen molar-refractivity contribution < 1.29 is 0 Å². The minimum Gasteiger partial charge on any atom is -0.311 e. The number of hydrazone groups is 1. The van der Waals surface area contributed by atoms with Crippen molar-refractivity contribution in [1.29, 1.82) is 0 Å². The fourth-order valence-electron chi connectivity index (χ4n) is 0.378. The van der Waals surface area contributed by atoms with Crippen LogP contribution in [0.2, 0.25) is 0 Å². The smallest absolute Gasteiger partial charge is 0.144 e. The highest BCUT2D eigenvalue weighted by molar-refractivity contribution is 5.86. The summed E-state index contributed by atoms with van der Waals surface area (Å²) in [5, 5.41) is 3.78. The van der Waals surface area contributed by atoms with Crippen molar-refractivity contribution in [1.82, 2.24) is 5.43 Å². The zero-order valence-electron chi connectivity index (χ0n) is 5.47. The van der Waals surface area contributed by atoms with E-state index in [0.717, 1.165) is 5.84 Å². The van der Waals surface area contributed by atoms with E-state index in [4.69, 9.17) is 0 Å². The van der Waals surface area contributed by atoms with Gasteiger partial charge in [0.25, 0.3) is 0 Å². The summed E-state index contributed by atoms with van der Waals surface area (Å²) in [7, 11) is 1.74. The van der Waals surface area contributed by atoms with Gasteiger partial charge in [0, 0.05) is 13.3 Å². The van der Waals surface area contributed by atoms with Gasteiger partial charge in [-0.05, 0) is 13.8 Å². The predicted molar refractivity (Wildman–Crippen MR) is 36.3 cm³/mol. The van der Waals surface area contributed by atoms with Gasteiger partial charge in [-0.25, -0.2) is 4.99 Å². The van der Waals surface area contributed by atoms with Crippen molar-refractivity contribution in [2.75, 3.05) is 7.05 Å². The molecule has 3 heteroatoms. The van der Waals surface area contributed by atoms with Crippen LogP contribution in [-0.2, 0) is 0 Å². The van der Waals surface area contributed by atoms with Crippen LogP contribution in [0.3, 0.4) is 0 Å². The summed E-state index contributed by atoms with van der Waals surface area (Å²) < 4.78 is 0. The first-order chi connectivity index (χ1) is 3.81. The third-order valence-corrected chi connectivity index (χ3v) is 0.590. The molecular weight excluding hydrogens is 102 g/mol. The van der Waals surface area contributed by atoms with Crippen LogP contribution in [0.4, 0.5) is 0 Å². The molecule has 0 spiro atoms. The van der Waals surface area contributed by atoms with Crippen LogP contribution in [-0.4, -0.2) is 19.1 Å². The Kier molecular flexibility index (Phi) is 3.84. The minimum atomic E-state index is 0.745. The van der Waals surface area contributed by atoms with Gasteiger partial charge in [-0.2, -0.15) is 5.10 Å². The monoisotopic (exact) mass is 113 g/mol. The van der Waals surface area contributed by atoms with Crippen LogP contribution in [0.5, 0.6) is 0 Å². The average molecular weight is 113 g/mol. The van der Waals surface area contributed by atoms with Gasteiger partial charge < -0.3 is 5.43 Å². The van der Waals surface area contributed by atoms with Crippen molar-refractivity contribution in [2.24, 2.45) is 10.1 Å². The molecule has 0 aromatic rings. The molecule has 0 aromatic carbocycles. The number of hydrogen-bond acceptors (Lipinski definition) is 2. The second-order valence-electron chi connectivity index (χ2n) is 1.27. The van der Waals surface area contributed by atoms with Crippen molar-refractivity contribution in [3.63, 3.8) is 0 Å². The van der Waals surface area contributed by atoms with E-state index in [9.17, 15) is 0 Å². The standard InChI is InChI=1S/C5H11N3/c1-4-7-5(2)8-6-3/h4,6H,1-3H3/b7-4?,8-5-. The summed E-state index contributed by atoms with van der Waals surface area (Å²) in [6, 6.07) is 0. The van der Waals surface area contributed by atoms with E-state index in [0.29, 0.717) is 0 Å². The van der Waals surface area contributed by atoms with Crippen LogP contribution >= 0.6 is 0 Å². The quantitative estimate of drug-likeness (QED) is 0.302. The minimum absolute atomic E-state index is 0.745. The van der Waals surface area contributed by atoms with Crippen LogP contribution < -0.4 is 5.43 Å². The summed E-state index contributed by atoms with van der Waals surface area (Å²) in [6.07, 6.45) is 1.70. The number of nitrogens with zero attached hydrogens (tertiary/aromatic N) is 2. The molecule has 0 aromatic heterocycles. The summed E-state index contributed by atoms with van der Waals surface area (Å²) in [4.78, 5) is 3.88. The number of rotatable bonds is 1. The van der Waals surface area contributed by atoms with Crippen LogP contribution in [0.15, 0.2) is 10.1 Å². The average Bonchev–Trinajstić information content (AvgIpc) is 1.68. The van der Waals surface area contributed by atoms with Crippen molar-refractivity contribution in [2.45, 2.75) is 13.8 Å². The number of nitrogens with one attached hydrogen (secondary N) is 1. The molecule has 0 radical (unpaired) electrons. The molecule has 0 aliphatic rings. The maximum Gasteiger partial charge on any atom is 0.144 e. The number of amidine groups is 1. The largest absolute Gasteiger partial charge is 0.311 e. The highest BCUT2D eigenvalue weighted by Gasteiger charge is 1.75. The van der Waals surface area contributed by atoms with Crippen molar-refractivity contribution in [3.05, 3.63) is 0 Å². The Balaban J connectivity index is 3.61. The van der Waals surface area contributed by atoms with Gasteiger partial charge in [-0.3, -0.25) is 0 Å². The molecule has 8 heavy (non-hydrogen) atoms. The second kappa shape index (κ2) is 4.30. The van der Waals surface area contributed by atoms with Crippen LogP contribution in [0.25, 0.3) is 0 Å². The van der Waals surface area contributed by atoms with E-state index < -0.39 is 0 Å². The predicted octanol–water partition coefficient (Wildman–Crippen LogP) is 0.630. The highest BCUT2D eigenvalue weighted by Crippen LogP contribution is 1.72. The topological polar surface area (TPSA) is 36.8 Å². The summed E-state index contributed by atoms with van der Waals surface area (Å²) in [5.41, 5.74) is 2.63. The zero-order valence-corrected chi connectivity index (χ0v) is 5.47. The Morgan fingerprint density at radius 1 is 1.62 bits per heavy atom. The lowest BCUT2D eigenvalue weighted by Crippen LogP contribution is -1.98. The van der Waals surface area contributed by atoms with Gasteiger partial charge in [-0.15, -0.1) is 0 Å². The van der Waals surface area contributed by atoms with Gasteiger partial charge >= 0.3 is 0 Å². The Bertz CT molecular complexity index is 104. The molecule has 3 nitrogen and oxygen atoms in total. The summed E-state index contributed by atoms with van der Waals surface area (Å²) in [6.45, 7) is 3.69. The molecule has 0 rings (SSSR count). The second-order valence-corrected chi connectivity index (χ2v) is 1.27. The van der Waals surface area contributed by atoms with Crippen LogP contribution in [0.1, 0.15) is 13.8 Å². The highest BCUT2D eigenvalue weighted by atomic mass is 15.3. The number of hydrogen-bond donors (Lipinski definition) is 1. The van der Waals surface area contributed by atoms with Gasteiger partial charge in [0.2, 0.25) is 0 Å². The third kappa shape index (κ3) is 3.33. The third-order valence-electron chi connectivity index (χ3n) is 0.590. The van der Waals surface area contributed by atoms with Gasteiger partial charge in [0.1, 0.15) is 5.84 Å². The van der Waals surface area contributed by atoms with Crippen molar-refractivity contribution >= 4 is 12.1 Å². The SMILES string of the molecule is CC=N/C(C)=N\NC. The molecule has 0 bridgehead atoms. The van der Waals surface area contributed by atoms with Gasteiger partial charge in [0.05, 0.1) is 0 Å². The van der Waals surface area contributed by atoms with E-state index in [-0.39, 0.29) is 0 Å². The molecule has 46 valence electrons. The van der Waals surface area contributed by atoms with Gasteiger partial charge in [0.15, 0.2) is 0 Å². The molecule has 0 aliphatic carbocycles. The first kappa shape index (κ1) is 7.14. The molecule has 0 fully saturated rings. The van der Waals surface area contributed by atoms with E-state index in [2.05, 4.69) is 15.5 Å². The fourth-order valence-corrected chi connectivity index (χ4v) is 0.378. The lowest BCUT2D eigenvalue weighted by atomic mass is 10.7. The van der Waals surface area contributed by atoms with E-state index in [1.165, 1.54) is 0 Å². The fraction of sp³-hybridized carbons (Fsp3) is 0.600. The first-order valence-electron chi connectivity index (χ1n) is 2.51. The molecule has 0 amide bonds. The van der Waals surface area contributed by atoms with Gasteiger partial charge in [-0.1, -0.05) is 0 Å². The lowest BCUT2D eigenvalue weighted by molar-refractivity contribution is 0.896. The normalized spacial score (nSPS) is 12.6. The maximum atomic E-state index is 3.88. The zero-order chi connectivity index (χ0) is 6.41. The first-order valence-corrected chi connectivity index (χ1v) is 2.51. The summed E-state index contributed by atoms with van der Waals surface area (Å²) >= 11 is 0. The molecule has 0 heterocycles. The Morgan fingerprint density at radius 3 is 2.62 bits per heavy atom. The van der Waals surface area contributed by atoms with E-state index in [1.807, 2.05) is 13.8 Å². The molecule has 0 saturated heterocycles. The molecular formula is C5H11N3.